The highest BCUT2D eigenvalue weighted by Crippen LogP contribution is 2.25. The van der Waals surface area contributed by atoms with Crippen LogP contribution in [-0.2, 0) is 0 Å². The molecule has 0 bridgehead atoms. The predicted octanol–water partition coefficient (Wildman–Crippen LogP) is 1.97. The number of nitrogens with one attached hydrogen (secondary N) is 1. The number of rotatable bonds is 3. The minimum absolute atomic E-state index is 0.136. The van der Waals surface area contributed by atoms with Gasteiger partial charge in [-0.25, -0.2) is 4.98 Å². The second kappa shape index (κ2) is 5.53. The Kier molecular flexibility index (Phi) is 3.82. The van der Waals surface area contributed by atoms with Crippen LogP contribution in [0.3, 0.4) is 0 Å². The lowest BCUT2D eigenvalue weighted by molar-refractivity contribution is 0.102. The van der Waals surface area contributed by atoms with Gasteiger partial charge in [0.15, 0.2) is 0 Å². The maximum Gasteiger partial charge on any atom is 0.258 e. The molecular formula is C12H11ClN4O2. The van der Waals surface area contributed by atoms with Crippen molar-refractivity contribution in [3.8, 4) is 5.75 Å². The molecule has 1 heterocycles. The molecule has 2 aromatic rings. The molecule has 0 spiro atoms. The summed E-state index contributed by atoms with van der Waals surface area (Å²) in [6.07, 6.45) is 1.46. The number of amides is 1. The van der Waals surface area contributed by atoms with Gasteiger partial charge in [-0.15, -0.1) is 0 Å². The Labute approximate surface area is 114 Å². The van der Waals surface area contributed by atoms with E-state index in [1.54, 1.807) is 12.1 Å². The van der Waals surface area contributed by atoms with Gasteiger partial charge in [-0.2, -0.15) is 4.98 Å². The van der Waals surface area contributed by atoms with Crippen molar-refractivity contribution in [2.24, 2.45) is 0 Å². The monoisotopic (exact) mass is 278 g/mol. The van der Waals surface area contributed by atoms with Crippen LogP contribution < -0.4 is 15.8 Å². The van der Waals surface area contributed by atoms with Gasteiger partial charge in [-0.3, -0.25) is 10.1 Å². The molecule has 19 heavy (non-hydrogen) atoms. The third kappa shape index (κ3) is 3.11. The molecule has 0 atom stereocenters. The second-order valence-corrected chi connectivity index (χ2v) is 4.02. The lowest BCUT2D eigenvalue weighted by Gasteiger charge is -2.06. The van der Waals surface area contributed by atoms with Crippen molar-refractivity contribution in [2.75, 3.05) is 18.2 Å². The zero-order valence-electron chi connectivity index (χ0n) is 10.1. The molecular weight excluding hydrogens is 268 g/mol. The van der Waals surface area contributed by atoms with Gasteiger partial charge in [0.25, 0.3) is 5.91 Å². The van der Waals surface area contributed by atoms with Gasteiger partial charge in [0.1, 0.15) is 11.6 Å². The Hall–Kier alpha value is -2.34. The summed E-state index contributed by atoms with van der Waals surface area (Å²) in [7, 11) is 1.50. The summed E-state index contributed by atoms with van der Waals surface area (Å²) in [5.74, 6) is 0.531. The van der Waals surface area contributed by atoms with Crippen LogP contribution in [0.4, 0.5) is 11.8 Å². The largest absolute Gasteiger partial charge is 0.495 e. The number of carbonyl (C=O) groups excluding carboxylic acids is 1. The first-order valence-corrected chi connectivity index (χ1v) is 5.71. The van der Waals surface area contributed by atoms with Crippen LogP contribution in [0.25, 0.3) is 0 Å². The lowest BCUT2D eigenvalue weighted by Crippen LogP contribution is -2.14. The number of carbonyl (C=O) groups is 1. The van der Waals surface area contributed by atoms with Gasteiger partial charge < -0.3 is 10.5 Å². The number of aromatic nitrogens is 2. The molecule has 1 aromatic carbocycles. The van der Waals surface area contributed by atoms with Gasteiger partial charge in [0, 0.05) is 11.8 Å². The van der Waals surface area contributed by atoms with Crippen molar-refractivity contribution in [1.82, 2.24) is 9.97 Å². The standard InChI is InChI=1S/C12H11ClN4O2/c1-19-9-3-2-7(6-8(9)13)11(18)17-12-15-5-4-10(14)16-12/h2-6H,1H3,(H3,14,15,16,17,18). The number of benzene rings is 1. The summed E-state index contributed by atoms with van der Waals surface area (Å²) in [5.41, 5.74) is 5.87. The SMILES string of the molecule is COc1ccc(C(=O)Nc2nccc(N)n2)cc1Cl. The normalized spacial score (nSPS) is 10.0. The van der Waals surface area contributed by atoms with Crippen LogP contribution in [0.15, 0.2) is 30.5 Å². The van der Waals surface area contributed by atoms with Crippen LogP contribution in [-0.4, -0.2) is 23.0 Å². The van der Waals surface area contributed by atoms with E-state index in [0.29, 0.717) is 16.3 Å². The number of nitrogen functional groups attached to an aromatic ring is 1. The Bertz CT molecular complexity index is 618. The topological polar surface area (TPSA) is 90.1 Å². The molecule has 7 heteroatoms. The maximum atomic E-state index is 11.9. The molecule has 0 unspecified atom stereocenters. The van der Waals surface area contributed by atoms with Crippen LogP contribution in [0.2, 0.25) is 5.02 Å². The smallest absolute Gasteiger partial charge is 0.258 e. The van der Waals surface area contributed by atoms with E-state index in [-0.39, 0.29) is 17.7 Å². The van der Waals surface area contributed by atoms with Crippen LogP contribution in [0.1, 0.15) is 10.4 Å². The van der Waals surface area contributed by atoms with E-state index in [9.17, 15) is 4.79 Å². The Morgan fingerprint density at radius 3 is 2.84 bits per heavy atom. The molecule has 98 valence electrons. The fraction of sp³-hybridized carbons (Fsp3) is 0.0833. The average molecular weight is 279 g/mol. The quantitative estimate of drug-likeness (QED) is 0.896. The number of halogens is 1. The van der Waals surface area contributed by atoms with Crippen molar-refractivity contribution in [3.05, 3.63) is 41.0 Å². The summed E-state index contributed by atoms with van der Waals surface area (Å²) >= 11 is 5.95. The third-order valence-corrected chi connectivity index (χ3v) is 2.61. The highest BCUT2D eigenvalue weighted by molar-refractivity contribution is 6.32. The number of methoxy groups -OCH3 is 1. The lowest BCUT2D eigenvalue weighted by atomic mass is 10.2. The summed E-state index contributed by atoms with van der Waals surface area (Å²) in [6.45, 7) is 0. The van der Waals surface area contributed by atoms with E-state index < -0.39 is 0 Å². The molecule has 1 amide bonds. The first kappa shape index (κ1) is 13.1. The third-order valence-electron chi connectivity index (χ3n) is 2.32. The van der Waals surface area contributed by atoms with Crippen molar-refractivity contribution >= 4 is 29.3 Å². The summed E-state index contributed by atoms with van der Waals surface area (Å²) < 4.78 is 5.01. The molecule has 0 saturated carbocycles. The molecule has 3 N–H and O–H groups in total. The molecule has 0 aliphatic heterocycles. The highest BCUT2D eigenvalue weighted by Gasteiger charge is 2.10. The van der Waals surface area contributed by atoms with E-state index in [4.69, 9.17) is 22.1 Å². The first-order chi connectivity index (χ1) is 9.10. The molecule has 0 radical (unpaired) electrons. The summed E-state index contributed by atoms with van der Waals surface area (Å²) in [4.78, 5) is 19.7. The van der Waals surface area contributed by atoms with Crippen LogP contribution in [0, 0.1) is 0 Å². The summed E-state index contributed by atoms with van der Waals surface area (Å²) in [5, 5.41) is 2.87. The van der Waals surface area contributed by atoms with Gasteiger partial charge in [0.05, 0.1) is 12.1 Å². The van der Waals surface area contributed by atoms with Crippen molar-refractivity contribution in [3.63, 3.8) is 0 Å². The second-order valence-electron chi connectivity index (χ2n) is 3.61. The Balaban J connectivity index is 2.18. The molecule has 2 rings (SSSR count). The van der Waals surface area contributed by atoms with Gasteiger partial charge >= 0.3 is 0 Å². The van der Waals surface area contributed by atoms with E-state index in [1.807, 2.05) is 0 Å². The number of hydrogen-bond acceptors (Lipinski definition) is 5. The van der Waals surface area contributed by atoms with Crippen LogP contribution >= 0.6 is 11.6 Å². The van der Waals surface area contributed by atoms with E-state index in [0.717, 1.165) is 0 Å². The number of nitrogens with zero attached hydrogens (tertiary/aromatic N) is 2. The van der Waals surface area contributed by atoms with Gasteiger partial charge in [-0.05, 0) is 24.3 Å². The van der Waals surface area contributed by atoms with Crippen LogP contribution in [0.5, 0.6) is 5.75 Å². The minimum Gasteiger partial charge on any atom is -0.495 e. The number of ether oxygens (including phenoxy) is 1. The van der Waals surface area contributed by atoms with Gasteiger partial charge in [0.2, 0.25) is 5.95 Å². The molecule has 0 aliphatic rings. The van der Waals surface area contributed by atoms with Crippen molar-refractivity contribution in [1.29, 1.82) is 0 Å². The van der Waals surface area contributed by atoms with E-state index >= 15 is 0 Å². The molecule has 1 aromatic heterocycles. The molecule has 0 saturated heterocycles. The van der Waals surface area contributed by atoms with E-state index in [2.05, 4.69) is 15.3 Å². The van der Waals surface area contributed by atoms with Crippen molar-refractivity contribution < 1.29 is 9.53 Å². The first-order valence-electron chi connectivity index (χ1n) is 5.33. The Morgan fingerprint density at radius 1 is 1.42 bits per heavy atom. The summed E-state index contributed by atoms with van der Waals surface area (Å²) in [6, 6.07) is 6.23. The molecule has 6 nitrogen and oxygen atoms in total. The zero-order valence-corrected chi connectivity index (χ0v) is 10.8. The average Bonchev–Trinajstić information content (AvgIpc) is 2.38. The van der Waals surface area contributed by atoms with E-state index in [1.165, 1.54) is 25.4 Å². The fourth-order valence-corrected chi connectivity index (χ4v) is 1.67. The number of nitrogens with two attached hydrogens (primary N) is 1. The minimum atomic E-state index is -0.379. The Morgan fingerprint density at radius 2 is 2.21 bits per heavy atom. The number of hydrogen-bond donors (Lipinski definition) is 2. The highest BCUT2D eigenvalue weighted by atomic mass is 35.5. The predicted molar refractivity (Wildman–Crippen MR) is 72.4 cm³/mol. The maximum absolute atomic E-state index is 11.9. The fourth-order valence-electron chi connectivity index (χ4n) is 1.41. The zero-order chi connectivity index (χ0) is 13.8. The van der Waals surface area contributed by atoms with Crippen molar-refractivity contribution in [2.45, 2.75) is 0 Å². The number of anilines is 2. The molecule has 0 fully saturated rings. The van der Waals surface area contributed by atoms with Gasteiger partial charge in [-0.1, -0.05) is 11.6 Å². The molecule has 0 aliphatic carbocycles.